The first-order chi connectivity index (χ1) is 11.5. The van der Waals surface area contributed by atoms with Gasteiger partial charge in [0.25, 0.3) is 0 Å². The summed E-state index contributed by atoms with van der Waals surface area (Å²) in [6, 6.07) is 8.93. The first-order valence-electron chi connectivity index (χ1n) is 7.26. The molecule has 1 N–H and O–H groups in total. The minimum atomic E-state index is -1.27. The highest BCUT2D eigenvalue weighted by atomic mass is 16.7. The fraction of sp³-hybridized carbons (Fsp3) is 0.400. The Morgan fingerprint density at radius 3 is 1.96 bits per heavy atom. The third-order valence-electron chi connectivity index (χ3n) is 3.49. The molecule has 9 heteroatoms. The molecule has 8 nitrogen and oxygen atoms in total. The molecule has 0 saturated carbocycles. The van der Waals surface area contributed by atoms with Crippen LogP contribution in [0.4, 0.5) is 0 Å². The largest absolute Gasteiger partial charge is 0.487 e. The number of amides is 1. The molecule has 0 aromatic heterocycles. The molecular formula is C15H18BNO7. The summed E-state index contributed by atoms with van der Waals surface area (Å²) in [5.74, 6) is -2.54. The predicted molar refractivity (Wildman–Crippen MR) is 82.5 cm³/mol. The van der Waals surface area contributed by atoms with Gasteiger partial charge in [0.2, 0.25) is 5.91 Å². The lowest BCUT2D eigenvalue weighted by atomic mass is 9.74. The number of hydrogen-bond acceptors (Lipinski definition) is 7. The zero-order valence-corrected chi connectivity index (χ0v) is 13.6. The van der Waals surface area contributed by atoms with Crippen molar-refractivity contribution in [1.82, 2.24) is 5.32 Å². The number of ether oxygens (including phenoxy) is 2. The standard InChI is InChI=1S/C15H18BNO7/c1-9(18)17-13(10-7-5-4-6-8-10)16-23-11(14(19)21-2)12(24-16)15(20)22-3/h4-8,11-13H,1-3H3,(H,17,18)/t11-,12-,13-/m1/s1. The Labute approximate surface area is 139 Å². The summed E-state index contributed by atoms with van der Waals surface area (Å²) < 4.78 is 20.4. The Kier molecular flexibility index (Phi) is 5.94. The molecule has 1 saturated heterocycles. The molecule has 1 aromatic carbocycles. The van der Waals surface area contributed by atoms with Gasteiger partial charge in [0, 0.05) is 6.92 Å². The van der Waals surface area contributed by atoms with Crippen LogP contribution in [0.3, 0.4) is 0 Å². The van der Waals surface area contributed by atoms with E-state index >= 15 is 0 Å². The fourth-order valence-corrected chi connectivity index (χ4v) is 2.40. The first kappa shape index (κ1) is 18.0. The van der Waals surface area contributed by atoms with E-state index in [0.717, 1.165) is 0 Å². The summed E-state index contributed by atoms with van der Waals surface area (Å²) in [7, 11) is 1.30. The topological polar surface area (TPSA) is 100 Å². The molecule has 1 fully saturated rings. The molecule has 0 radical (unpaired) electrons. The number of rotatable bonds is 5. The van der Waals surface area contributed by atoms with Gasteiger partial charge in [-0.3, -0.25) is 4.79 Å². The molecule has 128 valence electrons. The lowest BCUT2D eigenvalue weighted by Gasteiger charge is -2.20. The first-order valence-corrected chi connectivity index (χ1v) is 7.26. The molecule has 0 bridgehead atoms. The Bertz CT molecular complexity index is 585. The van der Waals surface area contributed by atoms with E-state index in [1.165, 1.54) is 21.1 Å². The van der Waals surface area contributed by atoms with Crippen molar-refractivity contribution in [3.8, 4) is 0 Å². The number of esters is 2. The van der Waals surface area contributed by atoms with E-state index in [2.05, 4.69) is 14.8 Å². The maximum atomic E-state index is 11.8. The average molecular weight is 335 g/mol. The van der Waals surface area contributed by atoms with Crippen molar-refractivity contribution in [3.05, 3.63) is 35.9 Å². The highest BCUT2D eigenvalue weighted by Crippen LogP contribution is 2.27. The molecule has 3 atom stereocenters. The summed E-state index contributed by atoms with van der Waals surface area (Å²) in [5.41, 5.74) is 0.701. The van der Waals surface area contributed by atoms with Gasteiger partial charge in [0.15, 0.2) is 12.2 Å². The smallest absolute Gasteiger partial charge is 0.467 e. The number of methoxy groups -OCH3 is 2. The van der Waals surface area contributed by atoms with Gasteiger partial charge in [-0.15, -0.1) is 0 Å². The van der Waals surface area contributed by atoms with Crippen LogP contribution in [-0.2, 0) is 33.2 Å². The molecule has 24 heavy (non-hydrogen) atoms. The molecule has 2 rings (SSSR count). The van der Waals surface area contributed by atoms with E-state index in [9.17, 15) is 14.4 Å². The van der Waals surface area contributed by atoms with Crippen LogP contribution < -0.4 is 5.32 Å². The highest BCUT2D eigenvalue weighted by molar-refractivity contribution is 6.48. The van der Waals surface area contributed by atoms with E-state index in [0.29, 0.717) is 5.56 Å². The molecule has 0 aliphatic carbocycles. The van der Waals surface area contributed by atoms with Crippen molar-refractivity contribution in [2.45, 2.75) is 25.1 Å². The average Bonchev–Trinajstić information content (AvgIpc) is 3.04. The van der Waals surface area contributed by atoms with Gasteiger partial charge in [-0.2, -0.15) is 0 Å². The summed E-state index contributed by atoms with van der Waals surface area (Å²) in [5, 5.41) is 2.70. The number of nitrogens with one attached hydrogen (secondary N) is 1. The van der Waals surface area contributed by atoms with Crippen LogP contribution in [0.2, 0.25) is 0 Å². The van der Waals surface area contributed by atoms with Gasteiger partial charge >= 0.3 is 19.1 Å². The summed E-state index contributed by atoms with van der Waals surface area (Å²) in [6.45, 7) is 1.35. The number of benzene rings is 1. The minimum Gasteiger partial charge on any atom is -0.467 e. The van der Waals surface area contributed by atoms with Crippen LogP contribution >= 0.6 is 0 Å². The Hall–Kier alpha value is -2.39. The zero-order chi connectivity index (χ0) is 17.7. The molecule has 1 amide bonds. The van der Waals surface area contributed by atoms with Gasteiger partial charge in [0.1, 0.15) is 0 Å². The Balaban J connectivity index is 2.28. The van der Waals surface area contributed by atoms with Crippen molar-refractivity contribution in [2.24, 2.45) is 0 Å². The van der Waals surface area contributed by atoms with E-state index in [4.69, 9.17) is 9.31 Å². The van der Waals surface area contributed by atoms with Crippen molar-refractivity contribution in [2.75, 3.05) is 14.2 Å². The maximum absolute atomic E-state index is 11.8. The molecular weight excluding hydrogens is 317 g/mol. The molecule has 0 spiro atoms. The lowest BCUT2D eigenvalue weighted by Crippen LogP contribution is -2.40. The summed E-state index contributed by atoms with van der Waals surface area (Å²) >= 11 is 0. The van der Waals surface area contributed by atoms with E-state index in [1.54, 1.807) is 24.3 Å². The van der Waals surface area contributed by atoms with Gasteiger partial charge < -0.3 is 24.1 Å². The lowest BCUT2D eigenvalue weighted by molar-refractivity contribution is -0.160. The monoisotopic (exact) mass is 335 g/mol. The molecule has 1 aliphatic rings. The van der Waals surface area contributed by atoms with Crippen molar-refractivity contribution >= 4 is 25.0 Å². The normalized spacial score (nSPS) is 21.0. The maximum Gasteiger partial charge on any atom is 0.487 e. The Morgan fingerprint density at radius 1 is 1.04 bits per heavy atom. The second kappa shape index (κ2) is 7.94. The number of carbonyl (C=O) groups excluding carboxylic acids is 3. The van der Waals surface area contributed by atoms with Crippen LogP contribution in [-0.4, -0.2) is 51.4 Å². The Morgan fingerprint density at radius 2 is 1.54 bits per heavy atom. The van der Waals surface area contributed by atoms with Crippen LogP contribution in [0, 0.1) is 0 Å². The SMILES string of the molecule is COC(=O)[C@@H]1OB([C@H](NC(C)=O)c2ccccc2)O[C@H]1C(=O)OC. The minimum absolute atomic E-state index is 0.313. The van der Waals surface area contributed by atoms with Gasteiger partial charge in [-0.05, 0) is 5.56 Å². The van der Waals surface area contributed by atoms with Crippen molar-refractivity contribution in [3.63, 3.8) is 0 Å². The third-order valence-corrected chi connectivity index (χ3v) is 3.49. The fourth-order valence-electron chi connectivity index (χ4n) is 2.40. The van der Waals surface area contributed by atoms with E-state index in [-0.39, 0.29) is 5.91 Å². The van der Waals surface area contributed by atoms with Crippen LogP contribution in [0.25, 0.3) is 0 Å². The second-order valence-electron chi connectivity index (χ2n) is 5.12. The van der Waals surface area contributed by atoms with Crippen LogP contribution in [0.15, 0.2) is 30.3 Å². The van der Waals surface area contributed by atoms with E-state index < -0.39 is 37.2 Å². The predicted octanol–water partition coefficient (Wildman–Crippen LogP) is 0.0212. The summed E-state index contributed by atoms with van der Waals surface area (Å²) in [4.78, 5) is 35.2. The van der Waals surface area contributed by atoms with Crippen LogP contribution in [0.1, 0.15) is 18.4 Å². The molecule has 1 aliphatic heterocycles. The number of hydrogen-bond donors (Lipinski definition) is 1. The quantitative estimate of drug-likeness (QED) is 0.598. The molecule has 1 aromatic rings. The van der Waals surface area contributed by atoms with Crippen LogP contribution in [0.5, 0.6) is 0 Å². The van der Waals surface area contributed by atoms with Gasteiger partial charge in [-0.25, -0.2) is 9.59 Å². The third kappa shape index (κ3) is 3.92. The zero-order valence-electron chi connectivity index (χ0n) is 13.6. The van der Waals surface area contributed by atoms with Gasteiger partial charge in [0.05, 0.1) is 20.2 Å². The highest BCUT2D eigenvalue weighted by Gasteiger charge is 2.52. The van der Waals surface area contributed by atoms with E-state index in [1.807, 2.05) is 6.07 Å². The second-order valence-corrected chi connectivity index (χ2v) is 5.12. The van der Waals surface area contributed by atoms with Crippen molar-refractivity contribution < 1.29 is 33.2 Å². The summed E-state index contributed by atoms with van der Waals surface area (Å²) in [6.07, 6.45) is -2.54. The molecule has 0 unspecified atom stereocenters. The molecule has 1 heterocycles. The number of carbonyl (C=O) groups is 3. The van der Waals surface area contributed by atoms with Crippen molar-refractivity contribution in [1.29, 1.82) is 0 Å². The van der Waals surface area contributed by atoms with Gasteiger partial charge in [-0.1, -0.05) is 30.3 Å².